The summed E-state index contributed by atoms with van der Waals surface area (Å²) in [6.45, 7) is 2.34. The zero-order chi connectivity index (χ0) is 22.4. The molecular formula is C21H24ClN5O4. The SMILES string of the molecule is Cc1cnc(NC(=O)[C@H](CCNC(=O)O)NC(=O)[C@@H]2Cc3ccccc3CN2)cc1Cl. The summed E-state index contributed by atoms with van der Waals surface area (Å²) in [5, 5.41) is 20.0. The molecule has 0 fully saturated rings. The number of rotatable bonds is 7. The molecule has 0 radical (unpaired) electrons. The number of hydrogen-bond donors (Lipinski definition) is 5. The van der Waals surface area contributed by atoms with Crippen molar-refractivity contribution >= 4 is 35.3 Å². The number of halogens is 1. The second-order valence-corrected chi connectivity index (χ2v) is 7.70. The lowest BCUT2D eigenvalue weighted by molar-refractivity contribution is -0.128. The summed E-state index contributed by atoms with van der Waals surface area (Å²) >= 11 is 6.08. The summed E-state index contributed by atoms with van der Waals surface area (Å²) in [5.74, 6) is -0.597. The van der Waals surface area contributed by atoms with Gasteiger partial charge < -0.3 is 26.4 Å². The van der Waals surface area contributed by atoms with Gasteiger partial charge in [-0.3, -0.25) is 9.59 Å². The molecule has 0 unspecified atom stereocenters. The quantitative estimate of drug-likeness (QED) is 0.441. The molecule has 1 aliphatic heterocycles. The Kier molecular flexibility index (Phi) is 7.43. The van der Waals surface area contributed by atoms with E-state index in [9.17, 15) is 14.4 Å². The van der Waals surface area contributed by atoms with E-state index >= 15 is 0 Å². The third kappa shape index (κ3) is 6.16. The first-order valence-electron chi connectivity index (χ1n) is 9.84. The van der Waals surface area contributed by atoms with Crippen molar-refractivity contribution in [1.82, 2.24) is 20.9 Å². The summed E-state index contributed by atoms with van der Waals surface area (Å²) in [6.07, 6.45) is 0.898. The number of aromatic nitrogens is 1. The summed E-state index contributed by atoms with van der Waals surface area (Å²) in [7, 11) is 0. The number of nitrogens with zero attached hydrogens (tertiary/aromatic N) is 1. The van der Waals surface area contributed by atoms with Crippen LogP contribution >= 0.6 is 11.6 Å². The molecule has 10 heteroatoms. The van der Waals surface area contributed by atoms with E-state index < -0.39 is 24.1 Å². The maximum atomic E-state index is 12.8. The molecule has 3 rings (SSSR count). The van der Waals surface area contributed by atoms with E-state index in [0.29, 0.717) is 18.0 Å². The van der Waals surface area contributed by atoms with Gasteiger partial charge in [0.1, 0.15) is 11.9 Å². The molecule has 1 aromatic carbocycles. The topological polar surface area (TPSA) is 132 Å². The number of aryl methyl sites for hydroxylation is 1. The van der Waals surface area contributed by atoms with E-state index in [4.69, 9.17) is 16.7 Å². The van der Waals surface area contributed by atoms with Crippen LogP contribution in [-0.4, -0.2) is 46.6 Å². The van der Waals surface area contributed by atoms with Gasteiger partial charge in [0.25, 0.3) is 0 Å². The molecule has 2 heterocycles. The minimum atomic E-state index is -1.21. The number of amides is 3. The first kappa shape index (κ1) is 22.5. The maximum Gasteiger partial charge on any atom is 0.404 e. The van der Waals surface area contributed by atoms with Crippen LogP contribution in [0.15, 0.2) is 36.5 Å². The van der Waals surface area contributed by atoms with Gasteiger partial charge in [-0.25, -0.2) is 9.78 Å². The van der Waals surface area contributed by atoms with Crippen LogP contribution in [-0.2, 0) is 22.6 Å². The average molecular weight is 446 g/mol. The van der Waals surface area contributed by atoms with Gasteiger partial charge in [-0.05, 0) is 42.5 Å². The van der Waals surface area contributed by atoms with Crippen LogP contribution in [0.5, 0.6) is 0 Å². The molecular weight excluding hydrogens is 422 g/mol. The van der Waals surface area contributed by atoms with E-state index in [0.717, 1.165) is 16.7 Å². The molecule has 164 valence electrons. The number of carboxylic acid groups (broad SMARTS) is 1. The number of carbonyl (C=O) groups excluding carboxylic acids is 2. The minimum absolute atomic E-state index is 0.00326. The van der Waals surface area contributed by atoms with Crippen LogP contribution in [0.1, 0.15) is 23.1 Å². The van der Waals surface area contributed by atoms with E-state index in [2.05, 4.69) is 26.3 Å². The monoisotopic (exact) mass is 445 g/mol. The van der Waals surface area contributed by atoms with Crippen LogP contribution in [0.3, 0.4) is 0 Å². The average Bonchev–Trinajstić information content (AvgIpc) is 2.75. The number of hydrogen-bond acceptors (Lipinski definition) is 5. The highest BCUT2D eigenvalue weighted by molar-refractivity contribution is 6.31. The van der Waals surface area contributed by atoms with Gasteiger partial charge >= 0.3 is 6.09 Å². The first-order valence-corrected chi connectivity index (χ1v) is 10.2. The molecule has 0 saturated heterocycles. The molecule has 5 N–H and O–H groups in total. The van der Waals surface area contributed by atoms with Gasteiger partial charge in [-0.2, -0.15) is 0 Å². The largest absolute Gasteiger partial charge is 0.465 e. The molecule has 1 aromatic heterocycles. The molecule has 0 spiro atoms. The molecule has 2 atom stereocenters. The fourth-order valence-electron chi connectivity index (χ4n) is 3.29. The zero-order valence-electron chi connectivity index (χ0n) is 16.9. The van der Waals surface area contributed by atoms with Gasteiger partial charge in [-0.1, -0.05) is 35.9 Å². The van der Waals surface area contributed by atoms with Gasteiger partial charge in [-0.15, -0.1) is 0 Å². The fourth-order valence-corrected chi connectivity index (χ4v) is 3.44. The molecule has 0 bridgehead atoms. The van der Waals surface area contributed by atoms with Gasteiger partial charge in [0, 0.05) is 24.3 Å². The van der Waals surface area contributed by atoms with Crippen molar-refractivity contribution in [3.05, 3.63) is 58.2 Å². The number of carbonyl (C=O) groups is 3. The van der Waals surface area contributed by atoms with Crippen molar-refractivity contribution in [3.63, 3.8) is 0 Å². The molecule has 1 aliphatic rings. The predicted molar refractivity (Wildman–Crippen MR) is 116 cm³/mol. The lowest BCUT2D eigenvalue weighted by Crippen LogP contribution is -2.53. The number of anilines is 1. The van der Waals surface area contributed by atoms with E-state index in [-0.39, 0.29) is 24.7 Å². The smallest absolute Gasteiger partial charge is 0.404 e. The molecule has 9 nitrogen and oxygen atoms in total. The number of benzene rings is 1. The van der Waals surface area contributed by atoms with E-state index in [1.165, 1.54) is 12.3 Å². The molecule has 0 aliphatic carbocycles. The predicted octanol–water partition coefficient (Wildman–Crippen LogP) is 1.84. The highest BCUT2D eigenvalue weighted by Crippen LogP contribution is 2.18. The van der Waals surface area contributed by atoms with Crippen molar-refractivity contribution in [1.29, 1.82) is 0 Å². The Balaban J connectivity index is 1.67. The Labute approximate surface area is 184 Å². The number of pyridine rings is 1. The van der Waals surface area contributed by atoms with Crippen LogP contribution in [0.25, 0.3) is 0 Å². The Morgan fingerprint density at radius 2 is 2.03 bits per heavy atom. The Bertz CT molecular complexity index is 984. The lowest BCUT2D eigenvalue weighted by Gasteiger charge is -2.27. The normalized spacial score (nSPS) is 16.0. The van der Waals surface area contributed by atoms with Crippen molar-refractivity contribution < 1.29 is 19.5 Å². The Morgan fingerprint density at radius 1 is 1.29 bits per heavy atom. The highest BCUT2D eigenvalue weighted by Gasteiger charge is 2.28. The minimum Gasteiger partial charge on any atom is -0.465 e. The van der Waals surface area contributed by atoms with Gasteiger partial charge in [0.05, 0.1) is 6.04 Å². The Hall–Kier alpha value is -3.17. The standard InChI is InChI=1S/C21H24ClN5O4/c1-12-10-25-18(9-15(12)22)27-19(28)16(6-7-23-21(30)31)26-20(29)17-8-13-4-2-3-5-14(13)11-24-17/h2-5,9-10,16-17,23-24H,6-8,11H2,1H3,(H,26,29)(H,30,31)(H,25,27,28)/t16-,17-/m0/s1. The third-order valence-electron chi connectivity index (χ3n) is 5.03. The lowest BCUT2D eigenvalue weighted by atomic mass is 9.95. The molecule has 2 aromatic rings. The summed E-state index contributed by atoms with van der Waals surface area (Å²) < 4.78 is 0. The number of nitrogens with one attached hydrogen (secondary N) is 4. The first-order chi connectivity index (χ1) is 14.8. The van der Waals surface area contributed by atoms with Crippen LogP contribution in [0, 0.1) is 6.92 Å². The molecule has 0 saturated carbocycles. The third-order valence-corrected chi connectivity index (χ3v) is 5.44. The summed E-state index contributed by atoms with van der Waals surface area (Å²) in [5.41, 5.74) is 2.97. The summed E-state index contributed by atoms with van der Waals surface area (Å²) in [4.78, 5) is 40.5. The highest BCUT2D eigenvalue weighted by atomic mass is 35.5. The molecule has 31 heavy (non-hydrogen) atoms. The zero-order valence-corrected chi connectivity index (χ0v) is 17.7. The van der Waals surface area contributed by atoms with Crippen LogP contribution in [0.4, 0.5) is 10.6 Å². The van der Waals surface area contributed by atoms with Crippen molar-refractivity contribution in [2.75, 3.05) is 11.9 Å². The van der Waals surface area contributed by atoms with Gasteiger partial charge in [0.15, 0.2) is 0 Å². The van der Waals surface area contributed by atoms with Crippen LogP contribution in [0.2, 0.25) is 5.02 Å². The van der Waals surface area contributed by atoms with Gasteiger partial charge in [0.2, 0.25) is 11.8 Å². The van der Waals surface area contributed by atoms with Crippen LogP contribution < -0.4 is 21.3 Å². The fraction of sp³-hybridized carbons (Fsp3) is 0.333. The maximum absolute atomic E-state index is 12.8. The van der Waals surface area contributed by atoms with Crippen molar-refractivity contribution in [2.24, 2.45) is 0 Å². The Morgan fingerprint density at radius 3 is 2.74 bits per heavy atom. The van der Waals surface area contributed by atoms with Crippen molar-refractivity contribution in [2.45, 2.75) is 38.4 Å². The second kappa shape index (κ2) is 10.2. The van der Waals surface area contributed by atoms with E-state index in [1.807, 2.05) is 24.3 Å². The molecule has 3 amide bonds. The van der Waals surface area contributed by atoms with Crippen molar-refractivity contribution in [3.8, 4) is 0 Å². The number of fused-ring (bicyclic) bond motifs is 1. The second-order valence-electron chi connectivity index (χ2n) is 7.30. The van der Waals surface area contributed by atoms with E-state index in [1.54, 1.807) is 6.92 Å². The summed E-state index contributed by atoms with van der Waals surface area (Å²) in [6, 6.07) is 7.91.